The summed E-state index contributed by atoms with van der Waals surface area (Å²) in [6.45, 7) is 8.08. The highest BCUT2D eigenvalue weighted by Crippen LogP contribution is 2.41. The molecule has 1 fully saturated rings. The van der Waals surface area contributed by atoms with Gasteiger partial charge in [-0.25, -0.2) is 9.59 Å². The number of aromatic nitrogens is 1. The molecule has 2 aromatic carbocycles. The molecule has 1 saturated heterocycles. The Kier molecular flexibility index (Phi) is 10.5. The van der Waals surface area contributed by atoms with Crippen molar-refractivity contribution >= 4 is 18.0 Å². The molecule has 0 spiro atoms. The normalized spacial score (nSPS) is 17.1. The van der Waals surface area contributed by atoms with E-state index in [4.69, 9.17) is 4.74 Å². The first-order chi connectivity index (χ1) is 23.4. The highest BCUT2D eigenvalue weighted by Gasteiger charge is 2.44. The molecule has 5 rings (SSSR count). The van der Waals surface area contributed by atoms with E-state index in [-0.39, 0.29) is 25.2 Å². The molecule has 0 bridgehead atoms. The molecule has 2 aliphatic rings. The summed E-state index contributed by atoms with van der Waals surface area (Å²) in [5.74, 6) is -3.55. The van der Waals surface area contributed by atoms with Crippen molar-refractivity contribution in [3.63, 3.8) is 0 Å². The standard InChI is InChI=1S/C34H36F6N4O6/c1-32(2,3)44(31(47)49-30(46)33(35,36)37)12-11-24-18-41-29(45)28-27(22-9-7-21(8-10-22)19-42-13-15-48-16-14-42)26(20-43(24)28)23-5-4-6-25(17-23)50-34(38,39)40/h4-10,17,20,24H,11-16,18-19H2,1-3H3,(H,41,45)/t24-/m0/s1. The van der Waals surface area contributed by atoms with E-state index >= 15 is 0 Å². The van der Waals surface area contributed by atoms with Crippen molar-refractivity contribution in [3.8, 4) is 28.0 Å². The van der Waals surface area contributed by atoms with Crippen molar-refractivity contribution in [2.75, 3.05) is 39.4 Å². The molecule has 1 N–H and O–H groups in total. The number of hydrogen-bond acceptors (Lipinski definition) is 7. The van der Waals surface area contributed by atoms with Crippen LogP contribution in [0.3, 0.4) is 0 Å². The zero-order chi connectivity index (χ0) is 36.4. The van der Waals surface area contributed by atoms with E-state index in [1.54, 1.807) is 37.6 Å². The minimum Gasteiger partial charge on any atom is -0.406 e. The van der Waals surface area contributed by atoms with Gasteiger partial charge in [0.25, 0.3) is 5.91 Å². The second kappa shape index (κ2) is 14.3. The Morgan fingerprint density at radius 1 is 0.980 bits per heavy atom. The molecule has 0 saturated carbocycles. The number of nitrogens with one attached hydrogen (secondary N) is 1. The van der Waals surface area contributed by atoms with Crippen LogP contribution in [0.2, 0.25) is 0 Å². The molecule has 16 heteroatoms. The monoisotopic (exact) mass is 710 g/mol. The number of fused-ring (bicyclic) bond motifs is 1. The highest BCUT2D eigenvalue weighted by molar-refractivity contribution is 6.05. The fourth-order valence-electron chi connectivity index (χ4n) is 6.01. The summed E-state index contributed by atoms with van der Waals surface area (Å²) in [6, 6.07) is 12.3. The number of carbonyl (C=O) groups is 3. The van der Waals surface area contributed by atoms with Gasteiger partial charge in [-0.3, -0.25) is 9.69 Å². The van der Waals surface area contributed by atoms with Gasteiger partial charge in [0.1, 0.15) is 11.4 Å². The zero-order valence-corrected chi connectivity index (χ0v) is 27.5. The van der Waals surface area contributed by atoms with Crippen molar-refractivity contribution < 1.29 is 54.9 Å². The fourth-order valence-corrected chi connectivity index (χ4v) is 6.01. The Balaban J connectivity index is 1.52. The molecule has 50 heavy (non-hydrogen) atoms. The fraction of sp³-hybridized carbons (Fsp3) is 0.441. The minimum atomic E-state index is -5.37. The van der Waals surface area contributed by atoms with Crippen molar-refractivity contribution in [2.24, 2.45) is 0 Å². The lowest BCUT2D eigenvalue weighted by Gasteiger charge is -2.36. The number of alkyl halides is 6. The van der Waals surface area contributed by atoms with E-state index in [0.29, 0.717) is 42.0 Å². The van der Waals surface area contributed by atoms with Crippen LogP contribution >= 0.6 is 0 Å². The molecule has 1 atom stereocenters. The molecule has 2 amide bonds. The topological polar surface area (TPSA) is 102 Å². The molecule has 1 aromatic heterocycles. The average molecular weight is 711 g/mol. The van der Waals surface area contributed by atoms with Crippen molar-refractivity contribution in [1.82, 2.24) is 19.7 Å². The second-order valence-electron chi connectivity index (χ2n) is 13.0. The molecule has 3 heterocycles. The van der Waals surface area contributed by atoms with Crippen LogP contribution in [0.4, 0.5) is 31.1 Å². The van der Waals surface area contributed by atoms with E-state index in [1.165, 1.54) is 12.1 Å². The number of benzene rings is 2. The van der Waals surface area contributed by atoms with Crippen LogP contribution in [0.15, 0.2) is 54.7 Å². The summed E-state index contributed by atoms with van der Waals surface area (Å²) in [5.41, 5.74) is 1.97. The van der Waals surface area contributed by atoms with Crippen molar-refractivity contribution in [1.29, 1.82) is 0 Å². The largest absolute Gasteiger partial charge is 0.573 e. The summed E-state index contributed by atoms with van der Waals surface area (Å²) < 4.78 is 93.3. The van der Waals surface area contributed by atoms with Crippen LogP contribution in [0, 0.1) is 0 Å². The van der Waals surface area contributed by atoms with Gasteiger partial charge in [-0.1, -0.05) is 36.4 Å². The maximum Gasteiger partial charge on any atom is 0.573 e. The SMILES string of the molecule is CC(C)(C)N(CC[C@H]1CNC(=O)c2c(-c3ccc(CN4CCOCC4)cc3)c(-c3cccc(OC(F)(F)F)c3)cn21)C(=O)OC(=O)C(F)(F)F. The third kappa shape index (κ3) is 8.77. The first kappa shape index (κ1) is 36.7. The number of nitrogens with zero attached hydrogens (tertiary/aromatic N) is 3. The molecule has 3 aromatic rings. The number of esters is 1. The predicted octanol–water partition coefficient (Wildman–Crippen LogP) is 6.55. The van der Waals surface area contributed by atoms with Gasteiger partial charge in [0, 0.05) is 55.6 Å². The second-order valence-corrected chi connectivity index (χ2v) is 13.0. The third-order valence-electron chi connectivity index (χ3n) is 8.40. The molecular formula is C34H36F6N4O6. The maximum absolute atomic E-state index is 13.5. The minimum absolute atomic E-state index is 0.0730. The summed E-state index contributed by atoms with van der Waals surface area (Å²) >= 11 is 0. The summed E-state index contributed by atoms with van der Waals surface area (Å²) in [4.78, 5) is 40.9. The molecule has 10 nitrogen and oxygen atoms in total. The Bertz CT molecular complexity index is 1710. The van der Waals surface area contributed by atoms with E-state index in [1.807, 2.05) is 24.3 Å². The Morgan fingerprint density at radius 2 is 1.66 bits per heavy atom. The molecular weight excluding hydrogens is 674 g/mol. The quantitative estimate of drug-likeness (QED) is 0.161. The molecule has 270 valence electrons. The van der Waals surface area contributed by atoms with Crippen LogP contribution in [-0.2, 0) is 20.8 Å². The smallest absolute Gasteiger partial charge is 0.406 e. The number of ether oxygens (including phenoxy) is 3. The van der Waals surface area contributed by atoms with Gasteiger partial charge < -0.3 is 29.0 Å². The average Bonchev–Trinajstić information content (AvgIpc) is 3.43. The van der Waals surface area contributed by atoms with Gasteiger partial charge in [0.2, 0.25) is 0 Å². The summed E-state index contributed by atoms with van der Waals surface area (Å²) in [7, 11) is 0. The van der Waals surface area contributed by atoms with Gasteiger partial charge in [-0.15, -0.1) is 13.2 Å². The zero-order valence-electron chi connectivity index (χ0n) is 27.5. The van der Waals surface area contributed by atoms with E-state index in [2.05, 4.69) is 19.7 Å². The predicted molar refractivity (Wildman–Crippen MR) is 168 cm³/mol. The van der Waals surface area contributed by atoms with Crippen LogP contribution in [0.1, 0.15) is 49.3 Å². The van der Waals surface area contributed by atoms with Crippen LogP contribution < -0.4 is 10.1 Å². The third-order valence-corrected chi connectivity index (χ3v) is 8.40. The molecule has 0 aliphatic carbocycles. The first-order valence-electron chi connectivity index (χ1n) is 15.8. The lowest BCUT2D eigenvalue weighted by atomic mass is 9.95. The first-order valence-corrected chi connectivity index (χ1v) is 15.8. The number of morpholine rings is 1. The number of carbonyl (C=O) groups excluding carboxylic acids is 3. The van der Waals surface area contributed by atoms with Crippen LogP contribution in [-0.4, -0.2) is 89.8 Å². The number of rotatable bonds is 8. The van der Waals surface area contributed by atoms with Gasteiger partial charge in [-0.2, -0.15) is 13.2 Å². The number of amides is 2. The Morgan fingerprint density at radius 3 is 2.28 bits per heavy atom. The van der Waals surface area contributed by atoms with Crippen LogP contribution in [0.5, 0.6) is 5.75 Å². The van der Waals surface area contributed by atoms with Gasteiger partial charge in [0.05, 0.1) is 19.3 Å². The lowest BCUT2D eigenvalue weighted by molar-refractivity contribution is -0.274. The Hall–Kier alpha value is -4.57. The van der Waals surface area contributed by atoms with Gasteiger partial charge in [0.15, 0.2) is 0 Å². The van der Waals surface area contributed by atoms with E-state index < -0.39 is 47.8 Å². The van der Waals surface area contributed by atoms with Gasteiger partial charge in [-0.05, 0) is 56.0 Å². The van der Waals surface area contributed by atoms with Crippen LogP contribution in [0.25, 0.3) is 22.3 Å². The summed E-state index contributed by atoms with van der Waals surface area (Å²) in [5, 5.41) is 2.83. The highest BCUT2D eigenvalue weighted by atomic mass is 19.4. The number of halogens is 6. The molecule has 0 radical (unpaired) electrons. The van der Waals surface area contributed by atoms with Gasteiger partial charge >= 0.3 is 24.6 Å². The lowest BCUT2D eigenvalue weighted by Crippen LogP contribution is -2.49. The number of hydrogen-bond donors (Lipinski definition) is 1. The molecule has 0 unspecified atom stereocenters. The van der Waals surface area contributed by atoms with Crippen molar-refractivity contribution in [2.45, 2.75) is 57.9 Å². The maximum atomic E-state index is 13.5. The van der Waals surface area contributed by atoms with Crippen molar-refractivity contribution in [3.05, 3.63) is 66.0 Å². The molecule has 2 aliphatic heterocycles. The van der Waals surface area contributed by atoms with E-state index in [9.17, 15) is 40.7 Å². The van der Waals surface area contributed by atoms with E-state index in [0.717, 1.165) is 29.6 Å². The Labute approximate surface area is 283 Å². The summed E-state index contributed by atoms with van der Waals surface area (Å²) in [6.07, 6.45) is -10.1.